The van der Waals surface area contributed by atoms with Gasteiger partial charge in [0, 0.05) is 12.3 Å². The van der Waals surface area contributed by atoms with E-state index in [-0.39, 0.29) is 11.8 Å². The maximum absolute atomic E-state index is 11.1. The van der Waals surface area contributed by atoms with E-state index in [4.69, 9.17) is 0 Å². The van der Waals surface area contributed by atoms with Crippen LogP contribution in [0.2, 0.25) is 0 Å². The van der Waals surface area contributed by atoms with Crippen LogP contribution in [0.4, 0.5) is 5.69 Å². The molecule has 15 heavy (non-hydrogen) atoms. The van der Waals surface area contributed by atoms with Crippen LogP contribution in [0.25, 0.3) is 0 Å². The Balaban J connectivity index is 0.000000442. The first-order chi connectivity index (χ1) is 7.27. The Labute approximate surface area is 91.5 Å². The van der Waals surface area contributed by atoms with Crippen LogP contribution in [0, 0.1) is 5.92 Å². The molecule has 1 aromatic heterocycles. The highest BCUT2D eigenvalue weighted by atomic mass is 16.1. The molecule has 1 aliphatic rings. The van der Waals surface area contributed by atoms with Crippen molar-refractivity contribution in [2.45, 2.75) is 41.0 Å². The maximum atomic E-state index is 11.1. The van der Waals surface area contributed by atoms with Crippen LogP contribution in [0.3, 0.4) is 0 Å². The molecule has 4 heteroatoms. The van der Waals surface area contributed by atoms with Gasteiger partial charge in [-0.2, -0.15) is 5.10 Å². The van der Waals surface area contributed by atoms with E-state index in [9.17, 15) is 4.79 Å². The lowest BCUT2D eigenvalue weighted by molar-refractivity contribution is -0.119. The number of aromatic nitrogens is 2. The maximum Gasteiger partial charge on any atom is 0.227 e. The van der Waals surface area contributed by atoms with Crippen molar-refractivity contribution in [3.63, 3.8) is 0 Å². The summed E-state index contributed by atoms with van der Waals surface area (Å²) >= 11 is 0. The molecule has 0 bridgehead atoms. The van der Waals surface area contributed by atoms with Crippen LogP contribution in [-0.4, -0.2) is 16.1 Å². The van der Waals surface area contributed by atoms with Crippen LogP contribution < -0.4 is 5.32 Å². The van der Waals surface area contributed by atoms with Crippen molar-refractivity contribution in [1.82, 2.24) is 10.2 Å². The predicted molar refractivity (Wildman–Crippen MR) is 62.8 cm³/mol. The second kappa shape index (κ2) is 7.04. The van der Waals surface area contributed by atoms with Crippen LogP contribution in [0.15, 0.2) is 6.20 Å². The van der Waals surface area contributed by atoms with E-state index in [0.717, 1.165) is 17.8 Å². The highest BCUT2D eigenvalue weighted by Crippen LogP contribution is 2.21. The molecule has 0 spiro atoms. The second-order valence-corrected chi connectivity index (χ2v) is 2.86. The predicted octanol–water partition coefficient (Wildman–Crippen LogP) is 2.59. The Hall–Kier alpha value is -1.32. The highest BCUT2D eigenvalue weighted by molar-refractivity contribution is 5.94. The summed E-state index contributed by atoms with van der Waals surface area (Å²) in [6, 6.07) is 0. The van der Waals surface area contributed by atoms with Crippen molar-refractivity contribution >= 4 is 11.6 Å². The van der Waals surface area contributed by atoms with E-state index in [2.05, 4.69) is 15.5 Å². The molecule has 0 fully saturated rings. The number of carbonyl (C=O) groups excluding carboxylic acids is 1. The van der Waals surface area contributed by atoms with Gasteiger partial charge in [0.05, 0.1) is 17.6 Å². The Morgan fingerprint density at radius 1 is 1.33 bits per heavy atom. The molecule has 0 aliphatic carbocycles. The molecule has 1 amide bonds. The average Bonchev–Trinajstić information content (AvgIpc) is 2.72. The van der Waals surface area contributed by atoms with Gasteiger partial charge in [0.1, 0.15) is 0 Å². The molecular formula is C11H21N3O. The van der Waals surface area contributed by atoms with E-state index in [0.29, 0.717) is 0 Å². The SMILES string of the molecule is CC.CC.CC1Cc2[nH]ncc2NC1=O. The Kier molecular flexibility index (Phi) is 6.42. The van der Waals surface area contributed by atoms with Crippen LogP contribution in [-0.2, 0) is 11.2 Å². The molecule has 1 aromatic rings. The van der Waals surface area contributed by atoms with Gasteiger partial charge in [0.25, 0.3) is 0 Å². The number of nitrogens with zero attached hydrogens (tertiary/aromatic N) is 1. The van der Waals surface area contributed by atoms with Gasteiger partial charge < -0.3 is 5.32 Å². The number of fused-ring (bicyclic) bond motifs is 1. The Morgan fingerprint density at radius 3 is 2.53 bits per heavy atom. The highest BCUT2D eigenvalue weighted by Gasteiger charge is 2.22. The number of H-pyrrole nitrogens is 1. The zero-order chi connectivity index (χ0) is 11.8. The quantitative estimate of drug-likeness (QED) is 0.693. The molecule has 0 radical (unpaired) electrons. The van der Waals surface area contributed by atoms with Crippen LogP contribution >= 0.6 is 0 Å². The third kappa shape index (κ3) is 3.38. The number of anilines is 1. The molecular weight excluding hydrogens is 190 g/mol. The minimum absolute atomic E-state index is 0.0583. The summed E-state index contributed by atoms with van der Waals surface area (Å²) in [4.78, 5) is 11.1. The first-order valence-electron chi connectivity index (χ1n) is 5.60. The van der Waals surface area contributed by atoms with E-state index < -0.39 is 0 Å². The Bertz CT molecular complexity index is 294. The van der Waals surface area contributed by atoms with Crippen molar-refractivity contribution in [3.05, 3.63) is 11.9 Å². The third-order valence-electron chi connectivity index (χ3n) is 1.93. The first-order valence-corrected chi connectivity index (χ1v) is 5.60. The molecule has 0 saturated heterocycles. The number of carbonyl (C=O) groups is 1. The van der Waals surface area contributed by atoms with Crippen molar-refractivity contribution in [3.8, 4) is 0 Å². The molecule has 4 nitrogen and oxygen atoms in total. The number of hydrogen-bond donors (Lipinski definition) is 2. The van der Waals surface area contributed by atoms with Gasteiger partial charge in [-0.3, -0.25) is 9.89 Å². The van der Waals surface area contributed by atoms with Crippen molar-refractivity contribution < 1.29 is 4.79 Å². The van der Waals surface area contributed by atoms with E-state index in [1.807, 2.05) is 34.6 Å². The van der Waals surface area contributed by atoms with E-state index >= 15 is 0 Å². The second-order valence-electron chi connectivity index (χ2n) is 2.86. The average molecular weight is 211 g/mol. The number of nitrogens with one attached hydrogen (secondary N) is 2. The van der Waals surface area contributed by atoms with Crippen LogP contribution in [0.5, 0.6) is 0 Å². The van der Waals surface area contributed by atoms with Crippen molar-refractivity contribution in [2.24, 2.45) is 5.92 Å². The van der Waals surface area contributed by atoms with Crippen LogP contribution in [0.1, 0.15) is 40.3 Å². The largest absolute Gasteiger partial charge is 0.323 e. The lowest BCUT2D eigenvalue weighted by Gasteiger charge is -2.17. The van der Waals surface area contributed by atoms with Crippen molar-refractivity contribution in [1.29, 1.82) is 0 Å². The van der Waals surface area contributed by atoms with Gasteiger partial charge in [0.15, 0.2) is 0 Å². The zero-order valence-corrected chi connectivity index (χ0v) is 10.2. The summed E-state index contributed by atoms with van der Waals surface area (Å²) in [5, 5.41) is 9.43. The number of aromatic amines is 1. The number of rotatable bonds is 0. The molecule has 0 aromatic carbocycles. The van der Waals surface area contributed by atoms with Gasteiger partial charge in [0.2, 0.25) is 5.91 Å². The number of hydrogen-bond acceptors (Lipinski definition) is 2. The van der Waals surface area contributed by atoms with Gasteiger partial charge >= 0.3 is 0 Å². The lowest BCUT2D eigenvalue weighted by atomic mass is 10.0. The fourth-order valence-electron chi connectivity index (χ4n) is 1.23. The minimum atomic E-state index is 0.0583. The molecule has 2 heterocycles. The lowest BCUT2D eigenvalue weighted by Crippen LogP contribution is -2.27. The minimum Gasteiger partial charge on any atom is -0.323 e. The molecule has 1 aliphatic heterocycles. The summed E-state index contributed by atoms with van der Waals surface area (Å²) in [6.07, 6.45) is 2.40. The van der Waals surface area contributed by atoms with Gasteiger partial charge in [-0.1, -0.05) is 34.6 Å². The third-order valence-corrected chi connectivity index (χ3v) is 1.93. The summed E-state index contributed by atoms with van der Waals surface area (Å²) in [5.74, 6) is 0.141. The normalized spacial score (nSPS) is 17.4. The number of amides is 1. The Morgan fingerprint density at radius 2 is 1.93 bits per heavy atom. The van der Waals surface area contributed by atoms with E-state index in [1.165, 1.54) is 0 Å². The molecule has 0 saturated carbocycles. The fourth-order valence-corrected chi connectivity index (χ4v) is 1.23. The molecule has 2 rings (SSSR count). The summed E-state index contributed by atoms with van der Waals surface area (Å²) in [5.41, 5.74) is 1.85. The summed E-state index contributed by atoms with van der Waals surface area (Å²) in [6.45, 7) is 9.90. The smallest absolute Gasteiger partial charge is 0.227 e. The van der Waals surface area contributed by atoms with Gasteiger partial charge in [-0.15, -0.1) is 0 Å². The molecule has 2 N–H and O–H groups in total. The molecule has 1 atom stereocenters. The monoisotopic (exact) mass is 211 g/mol. The summed E-state index contributed by atoms with van der Waals surface area (Å²) < 4.78 is 0. The zero-order valence-electron chi connectivity index (χ0n) is 10.2. The first kappa shape index (κ1) is 13.7. The van der Waals surface area contributed by atoms with Gasteiger partial charge in [-0.25, -0.2) is 0 Å². The fraction of sp³-hybridized carbons (Fsp3) is 0.636. The summed E-state index contributed by atoms with van der Waals surface area (Å²) in [7, 11) is 0. The topological polar surface area (TPSA) is 57.8 Å². The van der Waals surface area contributed by atoms with Crippen molar-refractivity contribution in [2.75, 3.05) is 5.32 Å². The molecule has 1 unspecified atom stereocenters. The standard InChI is InChI=1S/C7H9N3O.2C2H6/c1-4-2-5-6(3-8-10-5)9-7(4)11;2*1-2/h3-4H,2H2,1H3,(H,8,10)(H,9,11);2*1-2H3. The van der Waals surface area contributed by atoms with Gasteiger partial charge in [-0.05, 0) is 0 Å². The molecule has 86 valence electrons. The van der Waals surface area contributed by atoms with E-state index in [1.54, 1.807) is 6.20 Å².